The van der Waals surface area contributed by atoms with Gasteiger partial charge in [-0.25, -0.2) is 18.1 Å². The molecule has 0 unspecified atom stereocenters. The molecule has 0 saturated carbocycles. The second-order valence-electron chi connectivity index (χ2n) is 4.58. The van der Waals surface area contributed by atoms with Crippen molar-refractivity contribution in [2.24, 2.45) is 0 Å². The van der Waals surface area contributed by atoms with Crippen molar-refractivity contribution in [3.63, 3.8) is 0 Å². The van der Waals surface area contributed by atoms with Gasteiger partial charge in [0.25, 0.3) is 10.0 Å². The lowest BCUT2D eigenvalue weighted by atomic mass is 10.4. The van der Waals surface area contributed by atoms with Crippen LogP contribution in [0.5, 0.6) is 0 Å². The zero-order valence-electron chi connectivity index (χ0n) is 10.7. The van der Waals surface area contributed by atoms with Gasteiger partial charge in [0.05, 0.1) is 13.1 Å². The molecular weight excluding hydrogens is 284 g/mol. The summed E-state index contributed by atoms with van der Waals surface area (Å²) < 4.78 is 28.6. The predicted molar refractivity (Wildman–Crippen MR) is 71.4 cm³/mol. The van der Waals surface area contributed by atoms with E-state index in [-0.39, 0.29) is 0 Å². The number of fused-ring (bicyclic) bond motifs is 1. The molecule has 1 aliphatic heterocycles. The minimum absolute atomic E-state index is 0.292. The van der Waals surface area contributed by atoms with Crippen molar-refractivity contribution in [2.45, 2.75) is 31.1 Å². The Hall–Kier alpha value is -1.25. The molecule has 19 heavy (non-hydrogen) atoms. The van der Waals surface area contributed by atoms with E-state index in [4.69, 9.17) is 0 Å². The van der Waals surface area contributed by atoms with E-state index in [0.717, 1.165) is 5.56 Å². The SMILES string of the molecule is Cc1csc(S(=O)(=O)N2CCn3nc(C)nc3C2)c1. The van der Waals surface area contributed by atoms with E-state index in [9.17, 15) is 8.42 Å². The number of rotatable bonds is 2. The zero-order valence-corrected chi connectivity index (χ0v) is 12.3. The lowest BCUT2D eigenvalue weighted by Gasteiger charge is -2.25. The summed E-state index contributed by atoms with van der Waals surface area (Å²) in [6, 6.07) is 1.71. The van der Waals surface area contributed by atoms with E-state index in [2.05, 4.69) is 10.1 Å². The van der Waals surface area contributed by atoms with Crippen LogP contribution in [0.2, 0.25) is 0 Å². The molecule has 8 heteroatoms. The number of thiophene rings is 1. The van der Waals surface area contributed by atoms with Gasteiger partial charge in [0.15, 0.2) is 0 Å². The van der Waals surface area contributed by atoms with Gasteiger partial charge in [0.2, 0.25) is 0 Å². The van der Waals surface area contributed by atoms with Crippen molar-refractivity contribution in [2.75, 3.05) is 6.54 Å². The Morgan fingerprint density at radius 3 is 2.79 bits per heavy atom. The Bertz CT molecular complexity index is 717. The minimum Gasteiger partial charge on any atom is -0.247 e. The van der Waals surface area contributed by atoms with Gasteiger partial charge in [0.1, 0.15) is 15.9 Å². The van der Waals surface area contributed by atoms with Gasteiger partial charge in [-0.2, -0.15) is 9.40 Å². The first-order chi connectivity index (χ1) is 8.96. The second kappa shape index (κ2) is 4.39. The van der Waals surface area contributed by atoms with E-state index >= 15 is 0 Å². The van der Waals surface area contributed by atoms with Crippen LogP contribution in [0.4, 0.5) is 0 Å². The van der Waals surface area contributed by atoms with E-state index < -0.39 is 10.0 Å². The van der Waals surface area contributed by atoms with E-state index in [1.54, 1.807) is 10.7 Å². The van der Waals surface area contributed by atoms with E-state index in [1.165, 1.54) is 15.6 Å². The first kappa shape index (κ1) is 12.8. The molecule has 0 amide bonds. The van der Waals surface area contributed by atoms with Crippen LogP contribution in [-0.2, 0) is 23.1 Å². The number of sulfonamides is 1. The van der Waals surface area contributed by atoms with Crippen LogP contribution in [0.3, 0.4) is 0 Å². The third-order valence-electron chi connectivity index (χ3n) is 3.03. The number of hydrogen-bond acceptors (Lipinski definition) is 5. The van der Waals surface area contributed by atoms with Crippen molar-refractivity contribution in [3.05, 3.63) is 28.7 Å². The topological polar surface area (TPSA) is 68.1 Å². The lowest BCUT2D eigenvalue weighted by molar-refractivity contribution is 0.322. The molecule has 0 spiro atoms. The Morgan fingerprint density at radius 1 is 1.32 bits per heavy atom. The van der Waals surface area contributed by atoms with Crippen molar-refractivity contribution in [3.8, 4) is 0 Å². The predicted octanol–water partition coefficient (Wildman–Crippen LogP) is 1.16. The smallest absolute Gasteiger partial charge is 0.247 e. The van der Waals surface area contributed by atoms with Crippen LogP contribution < -0.4 is 0 Å². The fourth-order valence-electron chi connectivity index (χ4n) is 2.11. The van der Waals surface area contributed by atoms with Crippen molar-refractivity contribution >= 4 is 21.4 Å². The number of nitrogens with zero attached hydrogens (tertiary/aromatic N) is 4. The molecule has 0 N–H and O–H groups in total. The van der Waals surface area contributed by atoms with Gasteiger partial charge in [-0.15, -0.1) is 11.3 Å². The van der Waals surface area contributed by atoms with Crippen LogP contribution in [-0.4, -0.2) is 34.0 Å². The van der Waals surface area contributed by atoms with Crippen molar-refractivity contribution in [1.29, 1.82) is 0 Å². The van der Waals surface area contributed by atoms with Gasteiger partial charge in [0, 0.05) is 6.54 Å². The van der Waals surface area contributed by atoms with Gasteiger partial charge < -0.3 is 0 Å². The average molecular weight is 298 g/mol. The highest BCUT2D eigenvalue weighted by Crippen LogP contribution is 2.26. The molecule has 3 heterocycles. The highest BCUT2D eigenvalue weighted by molar-refractivity contribution is 7.91. The summed E-state index contributed by atoms with van der Waals surface area (Å²) in [4.78, 5) is 4.26. The van der Waals surface area contributed by atoms with Gasteiger partial charge in [-0.3, -0.25) is 0 Å². The summed E-state index contributed by atoms with van der Waals surface area (Å²) in [5, 5.41) is 6.08. The first-order valence-electron chi connectivity index (χ1n) is 5.92. The molecule has 102 valence electrons. The van der Waals surface area contributed by atoms with E-state index in [1.807, 2.05) is 19.2 Å². The number of aromatic nitrogens is 3. The Labute approximate surface area is 115 Å². The molecule has 2 aromatic rings. The Kier molecular flexibility index (Phi) is 2.95. The molecule has 0 bridgehead atoms. The molecule has 6 nitrogen and oxygen atoms in total. The summed E-state index contributed by atoms with van der Waals surface area (Å²) in [7, 11) is -3.40. The maximum absolute atomic E-state index is 12.5. The van der Waals surface area contributed by atoms with Crippen LogP contribution in [0.15, 0.2) is 15.7 Å². The van der Waals surface area contributed by atoms with Gasteiger partial charge in [-0.05, 0) is 30.9 Å². The molecule has 0 saturated heterocycles. The zero-order chi connectivity index (χ0) is 13.6. The monoisotopic (exact) mass is 298 g/mol. The first-order valence-corrected chi connectivity index (χ1v) is 8.24. The van der Waals surface area contributed by atoms with Gasteiger partial charge >= 0.3 is 0 Å². The minimum atomic E-state index is -3.40. The quantitative estimate of drug-likeness (QED) is 0.834. The average Bonchev–Trinajstić information content (AvgIpc) is 2.93. The molecule has 0 fully saturated rings. The fourth-order valence-corrected chi connectivity index (χ4v) is 4.88. The van der Waals surface area contributed by atoms with Crippen LogP contribution >= 0.6 is 11.3 Å². The summed E-state index contributed by atoms with van der Waals surface area (Å²) in [6.45, 7) is 4.99. The van der Waals surface area contributed by atoms with Crippen LogP contribution in [0, 0.1) is 13.8 Å². The van der Waals surface area contributed by atoms with E-state index in [0.29, 0.717) is 35.5 Å². The molecule has 1 aliphatic rings. The number of aryl methyl sites for hydroxylation is 2. The van der Waals surface area contributed by atoms with Crippen LogP contribution in [0.25, 0.3) is 0 Å². The Balaban J connectivity index is 1.92. The molecular formula is C11H14N4O2S2. The normalized spacial score (nSPS) is 16.5. The summed E-state index contributed by atoms with van der Waals surface area (Å²) in [5.74, 6) is 1.39. The summed E-state index contributed by atoms with van der Waals surface area (Å²) >= 11 is 1.26. The molecule has 0 aromatic carbocycles. The largest absolute Gasteiger partial charge is 0.253 e. The number of hydrogen-bond donors (Lipinski definition) is 0. The highest BCUT2D eigenvalue weighted by atomic mass is 32.2. The van der Waals surface area contributed by atoms with Crippen LogP contribution in [0.1, 0.15) is 17.2 Å². The van der Waals surface area contributed by atoms with Crippen molar-refractivity contribution in [1.82, 2.24) is 19.1 Å². The van der Waals surface area contributed by atoms with Gasteiger partial charge in [-0.1, -0.05) is 0 Å². The summed E-state index contributed by atoms with van der Waals surface area (Å²) in [5.41, 5.74) is 0.972. The molecule has 0 radical (unpaired) electrons. The lowest BCUT2D eigenvalue weighted by Crippen LogP contribution is -2.38. The van der Waals surface area contributed by atoms with Crippen molar-refractivity contribution < 1.29 is 8.42 Å². The third-order valence-corrected chi connectivity index (χ3v) is 6.41. The second-order valence-corrected chi connectivity index (χ2v) is 7.66. The summed E-state index contributed by atoms with van der Waals surface area (Å²) in [6.07, 6.45) is 0. The third kappa shape index (κ3) is 2.19. The molecule has 3 rings (SSSR count). The molecule has 2 aromatic heterocycles. The Morgan fingerprint density at radius 2 is 2.11 bits per heavy atom. The highest BCUT2D eigenvalue weighted by Gasteiger charge is 2.30. The maximum atomic E-state index is 12.5. The molecule has 0 atom stereocenters. The maximum Gasteiger partial charge on any atom is 0.253 e. The fraction of sp³-hybridized carbons (Fsp3) is 0.455. The standard InChI is InChI=1S/C11H14N4O2S2/c1-8-5-11(18-7-8)19(16,17)14-3-4-15-10(6-14)12-9(2)13-15/h5,7H,3-4,6H2,1-2H3. The molecule has 0 aliphatic carbocycles.